The minimum Gasteiger partial charge on any atom is -0.371 e. The second-order valence-corrected chi connectivity index (χ2v) is 9.35. The summed E-state index contributed by atoms with van der Waals surface area (Å²) in [7, 11) is 0. The lowest BCUT2D eigenvalue weighted by atomic mass is 10.0. The Hall–Kier alpha value is -4.53. The summed E-state index contributed by atoms with van der Waals surface area (Å²) in [4.78, 5) is 32.5. The molecule has 5 rings (SSSR count). The number of amides is 2. The highest BCUT2D eigenvalue weighted by Crippen LogP contribution is 2.27. The molecule has 3 heterocycles. The third-order valence-electron chi connectivity index (χ3n) is 6.29. The number of nitrogens with two attached hydrogens (primary N) is 2. The number of nitrogens with zero attached hydrogens (tertiary/aromatic N) is 4. The molecule has 40 heavy (non-hydrogen) atoms. The summed E-state index contributed by atoms with van der Waals surface area (Å²) in [6.07, 6.45) is 7.09. The van der Waals surface area contributed by atoms with Gasteiger partial charge in [0.25, 0.3) is 5.91 Å². The average Bonchev–Trinajstić information content (AvgIpc) is 3.00. The van der Waals surface area contributed by atoms with Crippen LogP contribution in [-0.4, -0.2) is 45.8 Å². The smallest absolute Gasteiger partial charge is 0.265 e. The maximum Gasteiger partial charge on any atom is 0.265 e. The Labute approximate surface area is 236 Å². The van der Waals surface area contributed by atoms with E-state index in [0.29, 0.717) is 27.2 Å². The molecule has 1 aliphatic heterocycles. The number of pyridine rings is 2. The summed E-state index contributed by atoms with van der Waals surface area (Å²) in [5, 5.41) is 8.86. The number of nitrogen functional groups attached to an aromatic ring is 1. The van der Waals surface area contributed by atoms with Crippen molar-refractivity contribution < 1.29 is 14.8 Å². The molecular formula is C29H28ClN7O3. The average molecular weight is 558 g/mol. The molecule has 0 spiro atoms. The number of halogens is 1. The Kier molecular flexibility index (Phi) is 9.62. The zero-order valence-electron chi connectivity index (χ0n) is 21.5. The topological polar surface area (TPSA) is 151 Å². The molecule has 0 bridgehead atoms. The van der Waals surface area contributed by atoms with E-state index >= 15 is 0 Å². The third-order valence-corrected chi connectivity index (χ3v) is 6.60. The van der Waals surface area contributed by atoms with Crippen molar-refractivity contribution in [1.82, 2.24) is 20.6 Å². The molecule has 11 heteroatoms. The minimum absolute atomic E-state index is 0.0556. The van der Waals surface area contributed by atoms with Gasteiger partial charge in [0, 0.05) is 53.2 Å². The Morgan fingerprint density at radius 2 is 1.80 bits per heavy atom. The van der Waals surface area contributed by atoms with Crippen molar-refractivity contribution in [3.63, 3.8) is 0 Å². The van der Waals surface area contributed by atoms with Gasteiger partial charge >= 0.3 is 0 Å². The summed E-state index contributed by atoms with van der Waals surface area (Å²) in [6, 6.07) is 17.3. The number of carbonyl (C=O) groups excluding carboxylic acids is 2. The Morgan fingerprint density at radius 1 is 1.07 bits per heavy atom. The summed E-state index contributed by atoms with van der Waals surface area (Å²) >= 11 is 6.54. The van der Waals surface area contributed by atoms with Crippen molar-refractivity contribution in [2.75, 3.05) is 18.0 Å². The van der Waals surface area contributed by atoms with Crippen LogP contribution in [0.15, 0.2) is 67.0 Å². The number of carbonyl (C=O) groups is 2. The van der Waals surface area contributed by atoms with Gasteiger partial charge in [-0.1, -0.05) is 35.6 Å². The van der Waals surface area contributed by atoms with Crippen LogP contribution < -0.4 is 22.0 Å². The summed E-state index contributed by atoms with van der Waals surface area (Å²) < 4.78 is 0. The number of fused-ring (bicyclic) bond motifs is 1. The van der Waals surface area contributed by atoms with Gasteiger partial charge in [0.15, 0.2) is 0 Å². The Bertz CT molecular complexity index is 1560. The Balaban J connectivity index is 0.000000681. The molecule has 10 nitrogen and oxygen atoms in total. The number of rotatable bonds is 4. The normalized spacial score (nSPS) is 12.4. The van der Waals surface area contributed by atoms with Crippen molar-refractivity contribution in [2.24, 2.45) is 11.7 Å². The Morgan fingerprint density at radius 3 is 2.45 bits per heavy atom. The van der Waals surface area contributed by atoms with Gasteiger partial charge in [-0.05, 0) is 61.7 Å². The molecule has 0 unspecified atom stereocenters. The highest BCUT2D eigenvalue weighted by molar-refractivity contribution is 6.32. The zero-order valence-corrected chi connectivity index (χ0v) is 22.3. The van der Waals surface area contributed by atoms with E-state index in [4.69, 9.17) is 27.4 Å². The summed E-state index contributed by atoms with van der Waals surface area (Å²) in [5.74, 6) is 15.7. The van der Waals surface area contributed by atoms with E-state index in [1.54, 1.807) is 24.5 Å². The molecule has 0 atom stereocenters. The predicted octanol–water partition coefficient (Wildman–Crippen LogP) is 3.65. The quantitative estimate of drug-likeness (QED) is 0.0741. The number of nitrogens with one attached hydrogen (secondary N) is 1. The fraction of sp³-hybridized carbons (Fsp3) is 0.172. The van der Waals surface area contributed by atoms with E-state index in [2.05, 4.69) is 44.0 Å². The third kappa shape index (κ3) is 7.11. The molecule has 1 aliphatic rings. The van der Waals surface area contributed by atoms with Gasteiger partial charge in [0.1, 0.15) is 0 Å². The first-order valence-electron chi connectivity index (χ1n) is 12.5. The maximum absolute atomic E-state index is 12.3. The predicted molar refractivity (Wildman–Crippen MR) is 154 cm³/mol. The lowest BCUT2D eigenvalue weighted by molar-refractivity contribution is -0.150. The second-order valence-electron chi connectivity index (χ2n) is 8.95. The monoisotopic (exact) mass is 557 g/mol. The molecule has 2 aromatic carbocycles. The maximum atomic E-state index is 12.3. The molecule has 204 valence electrons. The summed E-state index contributed by atoms with van der Waals surface area (Å²) in [6.45, 7) is 2.16. The van der Waals surface area contributed by atoms with Crippen LogP contribution in [0.5, 0.6) is 0 Å². The van der Waals surface area contributed by atoms with Gasteiger partial charge in [0.2, 0.25) is 6.41 Å². The van der Waals surface area contributed by atoms with Crippen molar-refractivity contribution in [2.45, 2.75) is 19.3 Å². The van der Waals surface area contributed by atoms with E-state index in [1.165, 1.54) is 19.3 Å². The van der Waals surface area contributed by atoms with Crippen LogP contribution in [-0.2, 0) is 4.79 Å². The zero-order chi connectivity index (χ0) is 28.5. The number of piperidine rings is 1. The second kappa shape index (κ2) is 13.5. The SMILES string of the molecule is NN(O)C=O.NNC(=O)c1cc(-c2ccc(C#Cc3ccc(N4CCCCC4)cc3Cl)cc2)nc2ccncc12. The van der Waals surface area contributed by atoms with E-state index in [1.807, 2.05) is 36.4 Å². The van der Waals surface area contributed by atoms with Crippen molar-refractivity contribution in [3.05, 3.63) is 88.7 Å². The van der Waals surface area contributed by atoms with Crippen LogP contribution in [0.4, 0.5) is 5.69 Å². The number of benzene rings is 2. The van der Waals surface area contributed by atoms with E-state index < -0.39 is 5.91 Å². The van der Waals surface area contributed by atoms with Crippen LogP contribution in [0, 0.1) is 11.8 Å². The fourth-order valence-corrected chi connectivity index (χ4v) is 4.52. The van der Waals surface area contributed by atoms with Gasteiger partial charge in [-0.2, -0.15) is 5.17 Å². The van der Waals surface area contributed by atoms with Crippen molar-refractivity contribution in [3.8, 4) is 23.1 Å². The first kappa shape index (κ1) is 28.5. The van der Waals surface area contributed by atoms with Crippen LogP contribution >= 0.6 is 11.6 Å². The fourth-order valence-electron chi connectivity index (χ4n) is 4.30. The van der Waals surface area contributed by atoms with Crippen LogP contribution in [0.1, 0.15) is 40.7 Å². The largest absolute Gasteiger partial charge is 0.371 e. The van der Waals surface area contributed by atoms with Gasteiger partial charge in [-0.3, -0.25) is 25.2 Å². The molecule has 6 N–H and O–H groups in total. The van der Waals surface area contributed by atoms with E-state index in [0.717, 1.165) is 35.5 Å². The lowest BCUT2D eigenvalue weighted by Crippen LogP contribution is -2.30. The number of hydrazine groups is 2. The molecule has 0 aliphatic carbocycles. The molecule has 1 fully saturated rings. The van der Waals surface area contributed by atoms with Gasteiger partial charge in [-0.15, -0.1) is 0 Å². The van der Waals surface area contributed by atoms with Crippen LogP contribution in [0.25, 0.3) is 22.2 Å². The van der Waals surface area contributed by atoms with Gasteiger partial charge in [0.05, 0.1) is 21.8 Å². The molecule has 0 radical (unpaired) electrons. The van der Waals surface area contributed by atoms with Crippen molar-refractivity contribution in [1.29, 1.82) is 0 Å². The van der Waals surface area contributed by atoms with Crippen LogP contribution in [0.3, 0.4) is 0 Å². The van der Waals surface area contributed by atoms with E-state index in [9.17, 15) is 4.79 Å². The highest BCUT2D eigenvalue weighted by Gasteiger charge is 2.14. The van der Waals surface area contributed by atoms with Crippen molar-refractivity contribution >= 4 is 40.5 Å². The van der Waals surface area contributed by atoms with Gasteiger partial charge in [-0.25, -0.2) is 16.7 Å². The number of anilines is 1. The minimum atomic E-state index is -0.391. The standard InChI is InChI=1S/C28H24ClN5O.CH4N2O2/c29-25-16-22(34-14-2-1-3-15-34)11-10-20(25)7-4-19-5-8-21(9-6-19)27-17-23(28(35)33-30)24-18-31-13-12-26(24)32-27;2-3(5)1-4/h5-6,8-13,16-18H,1-3,14-15,30H2,(H,33,35);1,5H,2H2. The number of hydrogen-bond acceptors (Lipinski definition) is 8. The molecule has 2 aromatic heterocycles. The molecule has 4 aromatic rings. The first-order valence-corrected chi connectivity index (χ1v) is 12.9. The van der Waals surface area contributed by atoms with Gasteiger partial charge < -0.3 is 4.90 Å². The molecule has 0 saturated carbocycles. The molecular weight excluding hydrogens is 530 g/mol. The number of aromatic nitrogens is 2. The molecule has 1 saturated heterocycles. The number of hydrogen-bond donors (Lipinski definition) is 4. The highest BCUT2D eigenvalue weighted by atomic mass is 35.5. The lowest BCUT2D eigenvalue weighted by Gasteiger charge is -2.29. The van der Waals surface area contributed by atoms with Crippen LogP contribution in [0.2, 0.25) is 5.02 Å². The molecule has 2 amide bonds. The summed E-state index contributed by atoms with van der Waals surface area (Å²) in [5.41, 5.74) is 7.64. The van der Waals surface area contributed by atoms with E-state index in [-0.39, 0.29) is 11.6 Å². The number of hydroxylamine groups is 1. The first-order chi connectivity index (χ1) is 19.4.